The summed E-state index contributed by atoms with van der Waals surface area (Å²) in [6.45, 7) is 19.1. The molecule has 0 spiro atoms. The molecule has 0 saturated carbocycles. The Morgan fingerprint density at radius 2 is 0.682 bits per heavy atom. The van der Waals surface area contributed by atoms with Crippen LogP contribution in [0.5, 0.6) is 17.2 Å². The first kappa shape index (κ1) is 66.4. The van der Waals surface area contributed by atoms with Crippen molar-refractivity contribution in [1.29, 1.82) is 0 Å². The lowest BCUT2D eigenvalue weighted by Crippen LogP contribution is -2.06. The Bertz CT molecular complexity index is 3500. The smallest absolute Gasteiger partial charge is 0.203 e. The first-order valence-electron chi connectivity index (χ1n) is 35.4. The molecule has 0 aliphatic carbocycles. The number of unbranched alkanes of at least 4 members (excludes halogenated alkanes) is 21. The van der Waals surface area contributed by atoms with Gasteiger partial charge in [-0.1, -0.05) is 193 Å². The molecule has 0 aliphatic rings. The maximum absolute atomic E-state index is 6.80. The molecular formula is C81H108O7. The highest BCUT2D eigenvalue weighted by atomic mass is 16.5. The van der Waals surface area contributed by atoms with Gasteiger partial charge in [0.05, 0.1) is 19.8 Å². The Morgan fingerprint density at radius 3 is 1.20 bits per heavy atom. The second-order valence-electron chi connectivity index (χ2n) is 25.5. The summed E-state index contributed by atoms with van der Waals surface area (Å²) in [7, 11) is 0. The van der Waals surface area contributed by atoms with Crippen molar-refractivity contribution in [3.63, 3.8) is 0 Å². The van der Waals surface area contributed by atoms with Gasteiger partial charge < -0.3 is 32.5 Å². The summed E-state index contributed by atoms with van der Waals surface area (Å²) in [4.78, 5) is 0. The first-order valence-corrected chi connectivity index (χ1v) is 35.4. The fourth-order valence-electron chi connectivity index (χ4n) is 12.9. The van der Waals surface area contributed by atoms with Crippen LogP contribution in [0.25, 0.3) is 87.7 Å². The lowest BCUT2D eigenvalue weighted by molar-refractivity contribution is 0.126. The molecule has 2 heterocycles. The van der Waals surface area contributed by atoms with Gasteiger partial charge in [0.2, 0.25) is 5.75 Å². The Morgan fingerprint density at radius 1 is 0.295 bits per heavy atom. The molecule has 0 amide bonds. The summed E-state index contributed by atoms with van der Waals surface area (Å²) in [6, 6.07) is 36.4. The Hall–Kier alpha value is -6.02. The molecule has 2 aromatic heterocycles. The average Bonchev–Trinajstić information content (AvgIpc) is 1.72. The second kappa shape index (κ2) is 36.0. The number of ether oxygens (including phenoxy) is 5. The average molecular weight is 1190 g/mol. The second-order valence-corrected chi connectivity index (χ2v) is 25.5. The van der Waals surface area contributed by atoms with E-state index >= 15 is 0 Å². The van der Waals surface area contributed by atoms with E-state index in [9.17, 15) is 0 Å². The zero-order valence-corrected chi connectivity index (χ0v) is 55.3. The molecule has 0 atom stereocenters. The van der Waals surface area contributed by atoms with Crippen LogP contribution in [-0.2, 0) is 22.3 Å². The van der Waals surface area contributed by atoms with Crippen molar-refractivity contribution < 1.29 is 32.5 Å². The molecule has 0 aliphatic heterocycles. The van der Waals surface area contributed by atoms with Gasteiger partial charge in [-0.05, 0) is 199 Å². The summed E-state index contributed by atoms with van der Waals surface area (Å²) >= 11 is 0. The van der Waals surface area contributed by atoms with E-state index in [4.69, 9.17) is 32.5 Å². The van der Waals surface area contributed by atoms with Crippen LogP contribution in [0.3, 0.4) is 0 Å². The number of aryl methyl sites for hydroxylation is 2. The van der Waals surface area contributed by atoms with E-state index in [2.05, 4.69) is 139 Å². The quantitative estimate of drug-likeness (QED) is 0.0352. The molecule has 0 bridgehead atoms. The third-order valence-corrected chi connectivity index (χ3v) is 18.2. The van der Waals surface area contributed by atoms with Crippen molar-refractivity contribution >= 4 is 65.4 Å². The first-order chi connectivity index (χ1) is 43.4. The summed E-state index contributed by atoms with van der Waals surface area (Å²) < 4.78 is 45.7. The van der Waals surface area contributed by atoms with Gasteiger partial charge in [-0.2, -0.15) is 0 Å². The Balaban J connectivity index is 0.963. The molecule has 0 fully saturated rings. The number of hydrogen-bond donors (Lipinski definition) is 0. The highest BCUT2D eigenvalue weighted by Gasteiger charge is 2.20. The van der Waals surface area contributed by atoms with Crippen LogP contribution in [0.4, 0.5) is 0 Å². The van der Waals surface area contributed by atoms with Crippen LogP contribution < -0.4 is 14.2 Å². The van der Waals surface area contributed by atoms with Gasteiger partial charge in [0.1, 0.15) is 22.3 Å². The number of furan rings is 2. The summed E-state index contributed by atoms with van der Waals surface area (Å²) in [5.74, 6) is 2.32. The zero-order valence-electron chi connectivity index (χ0n) is 55.3. The Labute approximate surface area is 528 Å². The van der Waals surface area contributed by atoms with Gasteiger partial charge in [0, 0.05) is 48.0 Å². The maximum Gasteiger partial charge on any atom is 0.203 e. The predicted molar refractivity (Wildman–Crippen MR) is 375 cm³/mol. The number of benzene rings is 7. The van der Waals surface area contributed by atoms with Crippen molar-refractivity contribution in [2.24, 2.45) is 0 Å². The standard InChI is InChI=1S/C81H108O7/c1-7-12-17-20-23-31-45-84-79-56-69(57-80(85-46-32-24-21-18-13-8-2)81(79)86-47-33-25-22-19-14-9-3)62-38-40-64-53-72-74-59-77-73(58-78(74)88-76(72)55-68(64)50-62)71-52-63-39-37-61(49-67(63)54-75(71)87-77)66-48-60(6)70(36-27-26-30-43-83-42-29-15-10-4)65(51-66)35-28-34-44-82-41-16-11-5/h37-40,48-59H,7-36,41-47H2,1-6H3. The molecule has 0 N–H and O–H groups in total. The van der Waals surface area contributed by atoms with Crippen LogP contribution in [0.1, 0.15) is 231 Å². The van der Waals surface area contributed by atoms with E-state index in [1.807, 2.05) is 0 Å². The van der Waals surface area contributed by atoms with E-state index in [1.54, 1.807) is 0 Å². The maximum atomic E-state index is 6.80. The van der Waals surface area contributed by atoms with Gasteiger partial charge >= 0.3 is 0 Å². The summed E-state index contributed by atoms with van der Waals surface area (Å²) in [6.07, 6.45) is 35.7. The molecule has 0 radical (unpaired) electrons. The van der Waals surface area contributed by atoms with Gasteiger partial charge in [0.15, 0.2) is 11.5 Å². The van der Waals surface area contributed by atoms with Crippen LogP contribution >= 0.6 is 0 Å². The van der Waals surface area contributed by atoms with Crippen molar-refractivity contribution in [2.75, 3.05) is 46.2 Å². The molecule has 7 nitrogen and oxygen atoms in total. The SMILES string of the molecule is CCCCCCCCOc1cc(-c2ccc3cc4c(cc3c2)oc2cc3c(cc24)oc2cc4cc(-c5cc(C)c(CCCCCOCCCCC)c(CCCCOCCCC)c5)ccc4cc23)cc(OCCCCCCCC)c1OCCCCCCCC. The minimum Gasteiger partial charge on any atom is -0.490 e. The number of hydrogen-bond acceptors (Lipinski definition) is 7. The van der Waals surface area contributed by atoms with Gasteiger partial charge in [-0.3, -0.25) is 0 Å². The van der Waals surface area contributed by atoms with E-state index in [1.165, 1.54) is 173 Å². The van der Waals surface area contributed by atoms with Gasteiger partial charge in [0.25, 0.3) is 0 Å². The third-order valence-electron chi connectivity index (χ3n) is 18.2. The lowest BCUT2D eigenvalue weighted by atomic mass is 9.89. The number of fused-ring (bicyclic) bond motifs is 8. The third kappa shape index (κ3) is 18.8. The molecule has 0 saturated heterocycles. The molecule has 7 aromatic carbocycles. The largest absolute Gasteiger partial charge is 0.490 e. The molecule has 9 aromatic rings. The number of rotatable bonds is 44. The van der Waals surface area contributed by atoms with E-state index in [-0.39, 0.29) is 0 Å². The molecule has 474 valence electrons. The predicted octanol–water partition coefficient (Wildman–Crippen LogP) is 24.7. The zero-order chi connectivity index (χ0) is 61.1. The summed E-state index contributed by atoms with van der Waals surface area (Å²) in [5, 5.41) is 8.94. The fourth-order valence-corrected chi connectivity index (χ4v) is 12.9. The lowest BCUT2D eigenvalue weighted by Gasteiger charge is -2.19. The summed E-state index contributed by atoms with van der Waals surface area (Å²) in [5.41, 5.74) is 12.6. The monoisotopic (exact) mass is 1190 g/mol. The highest BCUT2D eigenvalue weighted by Crippen LogP contribution is 2.45. The van der Waals surface area contributed by atoms with Crippen LogP contribution in [0, 0.1) is 6.92 Å². The van der Waals surface area contributed by atoms with E-state index in [0.29, 0.717) is 19.8 Å². The molecule has 7 heteroatoms. The molecular weight excluding hydrogens is 1080 g/mol. The normalized spacial score (nSPS) is 11.9. The van der Waals surface area contributed by atoms with Crippen LogP contribution in [-0.4, -0.2) is 46.2 Å². The molecule has 0 unspecified atom stereocenters. The molecule has 88 heavy (non-hydrogen) atoms. The highest BCUT2D eigenvalue weighted by molar-refractivity contribution is 6.18. The van der Waals surface area contributed by atoms with Gasteiger partial charge in [-0.15, -0.1) is 0 Å². The van der Waals surface area contributed by atoms with Crippen molar-refractivity contribution in [3.8, 4) is 39.5 Å². The van der Waals surface area contributed by atoms with E-state index in [0.717, 1.165) is 167 Å². The van der Waals surface area contributed by atoms with Crippen molar-refractivity contribution in [3.05, 3.63) is 114 Å². The van der Waals surface area contributed by atoms with Gasteiger partial charge in [-0.25, -0.2) is 0 Å². The minimum atomic E-state index is 0.653. The fraction of sp³-hybridized carbons (Fsp3) is 0.531. The minimum absolute atomic E-state index is 0.653. The Kier molecular flexibility index (Phi) is 27.2. The van der Waals surface area contributed by atoms with Crippen molar-refractivity contribution in [2.45, 2.75) is 234 Å². The van der Waals surface area contributed by atoms with Crippen molar-refractivity contribution in [1.82, 2.24) is 0 Å². The topological polar surface area (TPSA) is 72.4 Å². The molecule has 9 rings (SSSR count). The van der Waals surface area contributed by atoms with E-state index < -0.39 is 0 Å². The van der Waals surface area contributed by atoms with Crippen LogP contribution in [0.15, 0.2) is 106 Å². The van der Waals surface area contributed by atoms with Crippen LogP contribution in [0.2, 0.25) is 0 Å².